The molecule has 15 heavy (non-hydrogen) atoms. The molecular weight excluding hydrogens is 192 g/mol. The van der Waals surface area contributed by atoms with Crippen molar-refractivity contribution in [3.8, 4) is 0 Å². The minimum absolute atomic E-state index is 0.0283. The Balaban J connectivity index is 1.71. The summed E-state index contributed by atoms with van der Waals surface area (Å²) in [6.45, 7) is 2.58. The van der Waals surface area contributed by atoms with Crippen LogP contribution in [-0.2, 0) is 9.53 Å². The normalized spacial score (nSPS) is 32.3. The van der Waals surface area contributed by atoms with E-state index in [0.29, 0.717) is 6.10 Å². The summed E-state index contributed by atoms with van der Waals surface area (Å²) in [4.78, 5) is 13.4. The summed E-state index contributed by atoms with van der Waals surface area (Å²) in [5, 5.41) is 3.32. The number of likely N-dealkylation sites (tertiary alicyclic amines) is 1. The number of likely N-dealkylation sites (N-methyl/N-ethyl adjacent to an activating group) is 1. The molecule has 2 heterocycles. The van der Waals surface area contributed by atoms with E-state index in [1.54, 1.807) is 4.90 Å². The van der Waals surface area contributed by atoms with E-state index in [1.807, 2.05) is 7.05 Å². The Hall–Kier alpha value is -0.610. The van der Waals surface area contributed by atoms with Crippen LogP contribution in [-0.4, -0.2) is 49.7 Å². The molecule has 0 aromatic carbocycles. The van der Waals surface area contributed by atoms with E-state index in [4.69, 9.17) is 4.74 Å². The third-order valence-corrected chi connectivity index (χ3v) is 3.29. The van der Waals surface area contributed by atoms with E-state index >= 15 is 0 Å². The molecule has 0 saturated carbocycles. The van der Waals surface area contributed by atoms with Crippen LogP contribution in [0.25, 0.3) is 0 Å². The molecule has 2 aliphatic rings. The number of carbonyl (C=O) groups excluding carboxylic acids is 1. The van der Waals surface area contributed by atoms with E-state index in [-0.39, 0.29) is 11.9 Å². The van der Waals surface area contributed by atoms with Crippen LogP contribution >= 0.6 is 0 Å². The van der Waals surface area contributed by atoms with Crippen molar-refractivity contribution >= 4 is 5.91 Å². The van der Waals surface area contributed by atoms with Gasteiger partial charge in [0.05, 0.1) is 12.1 Å². The Bertz CT molecular complexity index is 227. The van der Waals surface area contributed by atoms with Crippen LogP contribution in [0.15, 0.2) is 0 Å². The monoisotopic (exact) mass is 212 g/mol. The number of nitrogens with zero attached hydrogens (tertiary/aromatic N) is 1. The van der Waals surface area contributed by atoms with Crippen molar-refractivity contribution in [2.24, 2.45) is 0 Å². The molecule has 0 aromatic rings. The van der Waals surface area contributed by atoms with Gasteiger partial charge in [0.15, 0.2) is 0 Å². The van der Waals surface area contributed by atoms with Crippen LogP contribution in [0.4, 0.5) is 0 Å². The maximum absolute atomic E-state index is 11.6. The van der Waals surface area contributed by atoms with Gasteiger partial charge in [-0.05, 0) is 25.7 Å². The van der Waals surface area contributed by atoms with Gasteiger partial charge in [-0.1, -0.05) is 0 Å². The second-order valence-corrected chi connectivity index (χ2v) is 4.50. The fourth-order valence-corrected chi connectivity index (χ4v) is 2.25. The second-order valence-electron chi connectivity index (χ2n) is 4.50. The molecule has 2 unspecified atom stereocenters. The zero-order valence-corrected chi connectivity index (χ0v) is 9.37. The van der Waals surface area contributed by atoms with Crippen molar-refractivity contribution in [1.29, 1.82) is 0 Å². The molecular formula is C11H20N2O2. The summed E-state index contributed by atoms with van der Waals surface area (Å²) in [6, 6.07) is 0.0283. The summed E-state index contributed by atoms with van der Waals surface area (Å²) in [5.74, 6) is 0.228. The lowest BCUT2D eigenvalue weighted by Crippen LogP contribution is -2.42. The van der Waals surface area contributed by atoms with Crippen molar-refractivity contribution < 1.29 is 9.53 Å². The molecule has 0 bridgehead atoms. The molecule has 2 rings (SSSR count). The number of hydrogen-bond donors (Lipinski definition) is 1. The highest BCUT2D eigenvalue weighted by Crippen LogP contribution is 2.13. The average Bonchev–Trinajstić information content (AvgIpc) is 2.59. The van der Waals surface area contributed by atoms with Crippen molar-refractivity contribution in [1.82, 2.24) is 10.2 Å². The lowest BCUT2D eigenvalue weighted by molar-refractivity contribution is -0.128. The Labute approximate surface area is 91.0 Å². The zero-order valence-electron chi connectivity index (χ0n) is 9.37. The predicted molar refractivity (Wildman–Crippen MR) is 57.6 cm³/mol. The van der Waals surface area contributed by atoms with E-state index < -0.39 is 0 Å². The third kappa shape index (κ3) is 2.69. The van der Waals surface area contributed by atoms with E-state index in [2.05, 4.69) is 5.32 Å². The topological polar surface area (TPSA) is 41.6 Å². The van der Waals surface area contributed by atoms with Crippen LogP contribution < -0.4 is 5.32 Å². The van der Waals surface area contributed by atoms with Gasteiger partial charge in [0, 0.05) is 26.7 Å². The van der Waals surface area contributed by atoms with Crippen LogP contribution in [0, 0.1) is 0 Å². The molecule has 0 radical (unpaired) electrons. The van der Waals surface area contributed by atoms with Crippen molar-refractivity contribution in [3.63, 3.8) is 0 Å². The highest BCUT2D eigenvalue weighted by atomic mass is 16.5. The summed E-state index contributed by atoms with van der Waals surface area (Å²) in [6.07, 6.45) is 4.82. The third-order valence-electron chi connectivity index (χ3n) is 3.29. The van der Waals surface area contributed by atoms with Crippen molar-refractivity contribution in [3.05, 3.63) is 0 Å². The minimum Gasteiger partial charge on any atom is -0.377 e. The fraction of sp³-hybridized carbons (Fsp3) is 0.909. The van der Waals surface area contributed by atoms with Gasteiger partial charge in [0.25, 0.3) is 0 Å². The first-order valence-corrected chi connectivity index (χ1v) is 5.87. The molecule has 86 valence electrons. The molecule has 1 N–H and O–H groups in total. The highest BCUT2D eigenvalue weighted by Gasteiger charge is 2.29. The maximum atomic E-state index is 11.6. The summed E-state index contributed by atoms with van der Waals surface area (Å²) in [5.41, 5.74) is 0. The molecule has 0 aliphatic carbocycles. The van der Waals surface area contributed by atoms with Crippen LogP contribution in [0.3, 0.4) is 0 Å². The highest BCUT2D eigenvalue weighted by molar-refractivity contribution is 5.83. The molecule has 2 aliphatic heterocycles. The Morgan fingerprint density at radius 1 is 1.47 bits per heavy atom. The standard InChI is InChI=1S/C11H20N2O2/c1-13-6-5-10(11(13)14)12-8-9-4-2-3-7-15-9/h9-10,12H,2-8H2,1H3. The lowest BCUT2D eigenvalue weighted by Gasteiger charge is -2.24. The number of carbonyl (C=O) groups is 1. The van der Waals surface area contributed by atoms with Gasteiger partial charge in [-0.25, -0.2) is 0 Å². The van der Waals surface area contributed by atoms with Crippen LogP contribution in [0.2, 0.25) is 0 Å². The molecule has 4 heteroatoms. The molecule has 2 saturated heterocycles. The van der Waals surface area contributed by atoms with E-state index in [1.165, 1.54) is 12.8 Å². The fourth-order valence-electron chi connectivity index (χ4n) is 2.25. The van der Waals surface area contributed by atoms with Crippen LogP contribution in [0.5, 0.6) is 0 Å². The molecule has 2 atom stereocenters. The van der Waals surface area contributed by atoms with Gasteiger partial charge < -0.3 is 15.0 Å². The van der Waals surface area contributed by atoms with Crippen molar-refractivity contribution in [2.75, 3.05) is 26.7 Å². The summed E-state index contributed by atoms with van der Waals surface area (Å²) in [7, 11) is 1.86. The Morgan fingerprint density at radius 2 is 2.33 bits per heavy atom. The first-order chi connectivity index (χ1) is 7.27. The first-order valence-electron chi connectivity index (χ1n) is 5.87. The van der Waals surface area contributed by atoms with Crippen molar-refractivity contribution in [2.45, 2.75) is 37.8 Å². The minimum atomic E-state index is 0.0283. The summed E-state index contributed by atoms with van der Waals surface area (Å²) >= 11 is 0. The lowest BCUT2D eigenvalue weighted by atomic mass is 10.1. The number of amides is 1. The van der Waals surface area contributed by atoms with Gasteiger partial charge in [-0.3, -0.25) is 4.79 Å². The largest absolute Gasteiger partial charge is 0.377 e. The first kappa shape index (κ1) is 10.9. The quantitative estimate of drug-likeness (QED) is 0.735. The van der Waals surface area contributed by atoms with Gasteiger partial charge in [0.2, 0.25) is 5.91 Å². The SMILES string of the molecule is CN1CCC(NCC2CCCCO2)C1=O. The van der Waals surface area contributed by atoms with Crippen LogP contribution in [0.1, 0.15) is 25.7 Å². The number of ether oxygens (including phenoxy) is 1. The smallest absolute Gasteiger partial charge is 0.239 e. The van der Waals surface area contributed by atoms with Gasteiger partial charge >= 0.3 is 0 Å². The maximum Gasteiger partial charge on any atom is 0.239 e. The molecule has 1 amide bonds. The van der Waals surface area contributed by atoms with E-state index in [0.717, 1.165) is 32.5 Å². The average molecular weight is 212 g/mol. The zero-order chi connectivity index (χ0) is 10.7. The van der Waals surface area contributed by atoms with Gasteiger partial charge in [0.1, 0.15) is 0 Å². The van der Waals surface area contributed by atoms with E-state index in [9.17, 15) is 4.79 Å². The molecule has 4 nitrogen and oxygen atoms in total. The number of rotatable bonds is 3. The molecule has 2 fully saturated rings. The van der Waals surface area contributed by atoms with Gasteiger partial charge in [-0.2, -0.15) is 0 Å². The number of nitrogens with one attached hydrogen (secondary N) is 1. The Kier molecular flexibility index (Phi) is 3.59. The molecule has 0 spiro atoms. The Morgan fingerprint density at radius 3 is 2.93 bits per heavy atom. The molecule has 0 aromatic heterocycles. The number of hydrogen-bond acceptors (Lipinski definition) is 3. The predicted octanol–water partition coefficient (Wildman–Crippen LogP) is 0.376. The summed E-state index contributed by atoms with van der Waals surface area (Å²) < 4.78 is 5.61. The van der Waals surface area contributed by atoms with Gasteiger partial charge in [-0.15, -0.1) is 0 Å². The second kappa shape index (κ2) is 4.94.